The van der Waals surface area contributed by atoms with Crippen molar-refractivity contribution in [3.63, 3.8) is 0 Å². The van der Waals surface area contributed by atoms with Gasteiger partial charge in [-0.15, -0.1) is 0 Å². The number of pyridine rings is 1. The number of ether oxygens (including phenoxy) is 1. The molecule has 0 spiro atoms. The van der Waals surface area contributed by atoms with Crippen molar-refractivity contribution >= 4 is 10.9 Å². The van der Waals surface area contributed by atoms with Crippen molar-refractivity contribution in [1.82, 2.24) is 4.98 Å². The number of aliphatic hydroxyl groups excluding tert-OH is 1. The second kappa shape index (κ2) is 3.70. The van der Waals surface area contributed by atoms with Crippen LogP contribution in [0.2, 0.25) is 0 Å². The Morgan fingerprint density at radius 3 is 3.00 bits per heavy atom. The van der Waals surface area contributed by atoms with Gasteiger partial charge in [-0.2, -0.15) is 0 Å². The first kappa shape index (κ1) is 10.5. The largest absolute Gasteiger partial charge is 0.474 e. The zero-order valence-electron chi connectivity index (χ0n) is 9.97. The van der Waals surface area contributed by atoms with Crippen LogP contribution in [0, 0.1) is 6.92 Å². The van der Waals surface area contributed by atoms with E-state index in [2.05, 4.69) is 11.1 Å². The summed E-state index contributed by atoms with van der Waals surface area (Å²) in [6.07, 6.45) is 0.186. The number of hydrogen-bond acceptors (Lipinski definition) is 3. The summed E-state index contributed by atoms with van der Waals surface area (Å²) in [7, 11) is 0. The summed E-state index contributed by atoms with van der Waals surface area (Å²) >= 11 is 0. The van der Waals surface area contributed by atoms with Crippen molar-refractivity contribution in [3.05, 3.63) is 35.4 Å². The van der Waals surface area contributed by atoms with Crippen LogP contribution in [0.25, 0.3) is 10.9 Å². The summed E-state index contributed by atoms with van der Waals surface area (Å²) in [4.78, 5) is 4.50. The lowest BCUT2D eigenvalue weighted by atomic mass is 10.00. The van der Waals surface area contributed by atoms with Crippen LogP contribution < -0.4 is 4.74 Å². The summed E-state index contributed by atoms with van der Waals surface area (Å²) in [5.74, 6) is 0.578. The average Bonchev–Trinajstić information content (AvgIpc) is 2.26. The van der Waals surface area contributed by atoms with Gasteiger partial charge in [-0.3, -0.25) is 0 Å². The molecule has 3 heteroatoms. The Balaban J connectivity index is 2.22. The minimum atomic E-state index is -0.466. The fourth-order valence-electron chi connectivity index (χ4n) is 2.29. The predicted octanol–water partition coefficient (Wildman–Crippen LogP) is 2.75. The quantitative estimate of drug-likeness (QED) is 0.755. The topological polar surface area (TPSA) is 42.4 Å². The summed E-state index contributed by atoms with van der Waals surface area (Å²) in [6.45, 7) is 3.99. The molecule has 1 aliphatic rings. The van der Waals surface area contributed by atoms with Crippen molar-refractivity contribution in [2.45, 2.75) is 32.5 Å². The third-order valence-corrected chi connectivity index (χ3v) is 3.19. The highest BCUT2D eigenvalue weighted by Crippen LogP contribution is 2.35. The molecule has 1 N–H and O–H groups in total. The number of fused-ring (bicyclic) bond motifs is 2. The molecule has 88 valence electrons. The van der Waals surface area contributed by atoms with Gasteiger partial charge in [-0.1, -0.05) is 12.1 Å². The third-order valence-electron chi connectivity index (χ3n) is 3.19. The van der Waals surface area contributed by atoms with E-state index in [1.54, 1.807) is 0 Å². The van der Waals surface area contributed by atoms with E-state index >= 15 is 0 Å². The van der Waals surface area contributed by atoms with E-state index < -0.39 is 6.10 Å². The standard InChI is InChI=1S/C14H15NO2/c1-8-3-4-10-7-11-13(16)6-9(2)17-14(11)15-12(10)5-8/h3-5,7,9,13,16H,6H2,1-2H3/t9-,13+/m1/s1. The highest BCUT2D eigenvalue weighted by atomic mass is 16.5. The van der Waals surface area contributed by atoms with Crippen molar-refractivity contribution in [1.29, 1.82) is 0 Å². The Labute approximate surface area is 100 Å². The molecule has 0 saturated carbocycles. The van der Waals surface area contributed by atoms with Crippen LogP contribution in [0.1, 0.15) is 30.6 Å². The van der Waals surface area contributed by atoms with E-state index in [0.29, 0.717) is 12.3 Å². The molecule has 0 bridgehead atoms. The van der Waals surface area contributed by atoms with Crippen LogP contribution in [0.5, 0.6) is 5.88 Å². The molecule has 3 rings (SSSR count). The molecule has 3 nitrogen and oxygen atoms in total. The van der Waals surface area contributed by atoms with E-state index in [0.717, 1.165) is 16.5 Å². The second-order valence-corrected chi connectivity index (χ2v) is 4.76. The molecule has 0 unspecified atom stereocenters. The zero-order valence-corrected chi connectivity index (χ0v) is 9.97. The second-order valence-electron chi connectivity index (χ2n) is 4.76. The molecule has 2 atom stereocenters. The molecule has 0 fully saturated rings. The third kappa shape index (κ3) is 1.76. The molecular weight excluding hydrogens is 214 g/mol. The van der Waals surface area contributed by atoms with Crippen molar-refractivity contribution in [3.8, 4) is 5.88 Å². The van der Waals surface area contributed by atoms with Gasteiger partial charge < -0.3 is 9.84 Å². The molecule has 2 aromatic rings. The maximum absolute atomic E-state index is 10.0. The summed E-state index contributed by atoms with van der Waals surface area (Å²) in [6, 6.07) is 8.09. The van der Waals surface area contributed by atoms with E-state index in [1.807, 2.05) is 32.0 Å². The molecule has 0 saturated heterocycles. The van der Waals surface area contributed by atoms with Gasteiger partial charge in [0.2, 0.25) is 5.88 Å². The Kier molecular flexibility index (Phi) is 2.30. The SMILES string of the molecule is Cc1ccc2cc3c(nc2c1)O[C@H](C)C[C@@H]3O. The predicted molar refractivity (Wildman–Crippen MR) is 66.1 cm³/mol. The van der Waals surface area contributed by atoms with Crippen LogP contribution >= 0.6 is 0 Å². The Hall–Kier alpha value is -1.61. The maximum Gasteiger partial charge on any atom is 0.220 e. The number of aryl methyl sites for hydroxylation is 1. The highest BCUT2D eigenvalue weighted by Gasteiger charge is 2.25. The van der Waals surface area contributed by atoms with Gasteiger partial charge in [-0.25, -0.2) is 4.98 Å². The van der Waals surface area contributed by atoms with Gasteiger partial charge in [-0.05, 0) is 31.5 Å². The molecule has 2 heterocycles. The lowest BCUT2D eigenvalue weighted by molar-refractivity contribution is 0.0713. The van der Waals surface area contributed by atoms with Crippen LogP contribution in [0.4, 0.5) is 0 Å². The zero-order chi connectivity index (χ0) is 12.0. The van der Waals surface area contributed by atoms with Crippen molar-refractivity contribution < 1.29 is 9.84 Å². The molecule has 0 amide bonds. The van der Waals surface area contributed by atoms with Crippen molar-refractivity contribution in [2.75, 3.05) is 0 Å². The summed E-state index contributed by atoms with van der Waals surface area (Å²) < 4.78 is 5.68. The Morgan fingerprint density at radius 2 is 2.18 bits per heavy atom. The number of hydrogen-bond donors (Lipinski definition) is 1. The van der Waals surface area contributed by atoms with Gasteiger partial charge >= 0.3 is 0 Å². The number of rotatable bonds is 0. The number of benzene rings is 1. The molecule has 1 aromatic carbocycles. The number of aromatic nitrogens is 1. The van der Waals surface area contributed by atoms with Gasteiger partial charge in [0.1, 0.15) is 6.10 Å². The fourth-order valence-corrected chi connectivity index (χ4v) is 2.29. The molecule has 0 radical (unpaired) electrons. The summed E-state index contributed by atoms with van der Waals surface area (Å²) in [5, 5.41) is 11.1. The van der Waals surface area contributed by atoms with Gasteiger partial charge in [0, 0.05) is 17.4 Å². The first-order valence-electron chi connectivity index (χ1n) is 5.89. The molecular formula is C14H15NO2. The average molecular weight is 229 g/mol. The highest BCUT2D eigenvalue weighted by molar-refractivity contribution is 5.81. The van der Waals surface area contributed by atoms with Crippen molar-refractivity contribution in [2.24, 2.45) is 0 Å². The van der Waals surface area contributed by atoms with Gasteiger partial charge in [0.05, 0.1) is 11.6 Å². The van der Waals surface area contributed by atoms with E-state index in [4.69, 9.17) is 4.74 Å². The molecule has 1 aromatic heterocycles. The first-order valence-corrected chi connectivity index (χ1v) is 5.89. The fraction of sp³-hybridized carbons (Fsp3) is 0.357. The monoisotopic (exact) mass is 229 g/mol. The minimum absolute atomic E-state index is 0.0206. The first-order chi connectivity index (χ1) is 8.13. The normalized spacial score (nSPS) is 23.2. The molecule has 1 aliphatic heterocycles. The van der Waals surface area contributed by atoms with Crippen LogP contribution in [0.15, 0.2) is 24.3 Å². The van der Waals surface area contributed by atoms with Crippen LogP contribution in [-0.4, -0.2) is 16.2 Å². The number of nitrogens with zero attached hydrogens (tertiary/aromatic N) is 1. The lowest BCUT2D eigenvalue weighted by Gasteiger charge is -2.26. The maximum atomic E-state index is 10.0. The molecule has 0 aliphatic carbocycles. The van der Waals surface area contributed by atoms with E-state index in [9.17, 15) is 5.11 Å². The number of aliphatic hydroxyl groups is 1. The van der Waals surface area contributed by atoms with E-state index in [-0.39, 0.29) is 6.10 Å². The summed E-state index contributed by atoms with van der Waals surface area (Å²) in [5.41, 5.74) is 2.90. The Morgan fingerprint density at radius 1 is 1.35 bits per heavy atom. The lowest BCUT2D eigenvalue weighted by Crippen LogP contribution is -2.23. The smallest absolute Gasteiger partial charge is 0.220 e. The Bertz CT molecular complexity index is 580. The van der Waals surface area contributed by atoms with Gasteiger partial charge in [0.15, 0.2) is 0 Å². The molecule has 17 heavy (non-hydrogen) atoms. The minimum Gasteiger partial charge on any atom is -0.474 e. The van der Waals surface area contributed by atoms with Gasteiger partial charge in [0.25, 0.3) is 0 Å². The van der Waals surface area contributed by atoms with Crippen LogP contribution in [0.3, 0.4) is 0 Å². The van der Waals surface area contributed by atoms with Crippen LogP contribution in [-0.2, 0) is 0 Å². The van der Waals surface area contributed by atoms with E-state index in [1.165, 1.54) is 5.56 Å².